The quantitative estimate of drug-likeness (QED) is 0.356. The molecule has 1 N–H and O–H groups in total. The number of hydrogen-bond donors (Lipinski definition) is 1. The lowest BCUT2D eigenvalue weighted by Gasteiger charge is -2.13. The minimum absolute atomic E-state index is 0.0941. The van der Waals surface area contributed by atoms with Crippen molar-refractivity contribution in [3.8, 4) is 11.1 Å². The molecule has 0 unspecified atom stereocenters. The Balaban J connectivity index is 1.20. The van der Waals surface area contributed by atoms with Crippen LogP contribution in [0.5, 0.6) is 0 Å². The van der Waals surface area contributed by atoms with Gasteiger partial charge in [0.2, 0.25) is 11.8 Å². The van der Waals surface area contributed by atoms with E-state index in [2.05, 4.69) is 30.5 Å². The number of hydrogen-bond acceptors (Lipinski definition) is 7. The molecule has 9 nitrogen and oxygen atoms in total. The third kappa shape index (κ3) is 4.14. The van der Waals surface area contributed by atoms with Gasteiger partial charge in [-0.2, -0.15) is 0 Å². The third-order valence-electron chi connectivity index (χ3n) is 6.50. The summed E-state index contributed by atoms with van der Waals surface area (Å²) in [5, 5.41) is 18.6. The van der Waals surface area contributed by atoms with Gasteiger partial charge in [-0.15, -0.1) is 0 Å². The first kappa shape index (κ1) is 21.4. The number of rotatable bonds is 5. The number of aliphatic imine (C=N–C) groups is 1. The summed E-state index contributed by atoms with van der Waals surface area (Å²) >= 11 is 0. The molecule has 2 fully saturated rings. The highest BCUT2D eigenvalue weighted by Crippen LogP contribution is 2.68. The van der Waals surface area contributed by atoms with E-state index in [1.807, 2.05) is 26.0 Å². The SMILES string of the molecule is Cc1ncnc(C)c1-c1ccc(C[n+]2cc(NC([O-])=N[C@H]3CC[C@@]4(C3)CC4(F)F)on2)nc1. The summed E-state index contributed by atoms with van der Waals surface area (Å²) in [6, 6.07) is 2.81. The predicted molar refractivity (Wildman–Crippen MR) is 111 cm³/mol. The van der Waals surface area contributed by atoms with Crippen molar-refractivity contribution in [3.05, 3.63) is 47.9 Å². The molecule has 2 saturated carbocycles. The lowest BCUT2D eigenvalue weighted by Crippen LogP contribution is -2.36. The molecular weight excluding hydrogens is 432 g/mol. The number of aromatic nitrogens is 5. The monoisotopic (exact) mass is 455 g/mol. The van der Waals surface area contributed by atoms with E-state index >= 15 is 0 Å². The molecular formula is C22H23F2N7O2. The second-order valence-electron chi connectivity index (χ2n) is 8.84. The van der Waals surface area contributed by atoms with Gasteiger partial charge in [-0.05, 0) is 43.9 Å². The molecule has 2 atom stereocenters. The van der Waals surface area contributed by atoms with Gasteiger partial charge in [0, 0.05) is 40.5 Å². The molecule has 172 valence electrons. The van der Waals surface area contributed by atoms with E-state index in [0.29, 0.717) is 19.4 Å². The number of nitrogens with one attached hydrogen (secondary N) is 1. The normalized spacial score (nSPS) is 23.8. The van der Waals surface area contributed by atoms with Gasteiger partial charge < -0.3 is 10.4 Å². The molecule has 0 radical (unpaired) electrons. The maximum absolute atomic E-state index is 13.5. The number of anilines is 1. The molecule has 5 rings (SSSR count). The summed E-state index contributed by atoms with van der Waals surface area (Å²) < 4.78 is 33.6. The van der Waals surface area contributed by atoms with Crippen molar-refractivity contribution < 1.29 is 23.1 Å². The first-order valence-corrected chi connectivity index (χ1v) is 10.7. The first-order valence-electron chi connectivity index (χ1n) is 10.7. The molecule has 0 aromatic carbocycles. The van der Waals surface area contributed by atoms with Gasteiger partial charge >= 0.3 is 0 Å². The zero-order chi connectivity index (χ0) is 23.2. The van der Waals surface area contributed by atoms with Gasteiger partial charge in [0.05, 0.1) is 12.1 Å². The van der Waals surface area contributed by atoms with E-state index in [4.69, 9.17) is 4.52 Å². The first-order chi connectivity index (χ1) is 15.7. The van der Waals surface area contributed by atoms with Crippen molar-refractivity contribution in [2.75, 3.05) is 5.32 Å². The Kier molecular flexibility index (Phi) is 5.06. The zero-order valence-corrected chi connectivity index (χ0v) is 18.3. The average Bonchev–Trinajstić information content (AvgIpc) is 3.08. The van der Waals surface area contributed by atoms with Crippen LogP contribution in [0.2, 0.25) is 0 Å². The van der Waals surface area contributed by atoms with Crippen LogP contribution in [0, 0.1) is 19.3 Å². The Morgan fingerprint density at radius 1 is 1.27 bits per heavy atom. The van der Waals surface area contributed by atoms with E-state index in [1.165, 1.54) is 17.2 Å². The molecule has 0 aliphatic heterocycles. The van der Waals surface area contributed by atoms with Crippen molar-refractivity contribution in [2.24, 2.45) is 10.4 Å². The maximum Gasteiger partial charge on any atom is 0.300 e. The molecule has 33 heavy (non-hydrogen) atoms. The summed E-state index contributed by atoms with van der Waals surface area (Å²) in [6.07, 6.45) is 5.88. The van der Waals surface area contributed by atoms with E-state index in [1.54, 1.807) is 6.20 Å². The van der Waals surface area contributed by atoms with Crippen molar-refractivity contribution in [1.82, 2.24) is 20.2 Å². The van der Waals surface area contributed by atoms with Gasteiger partial charge in [0.25, 0.3) is 18.0 Å². The Morgan fingerprint density at radius 3 is 2.67 bits per heavy atom. The van der Waals surface area contributed by atoms with Gasteiger partial charge in [-0.1, -0.05) is 6.07 Å². The van der Waals surface area contributed by atoms with E-state index in [9.17, 15) is 13.9 Å². The summed E-state index contributed by atoms with van der Waals surface area (Å²) in [4.78, 5) is 17.0. The summed E-state index contributed by atoms with van der Waals surface area (Å²) in [7, 11) is 0. The van der Waals surface area contributed by atoms with Crippen LogP contribution in [0.3, 0.4) is 0 Å². The second-order valence-corrected chi connectivity index (χ2v) is 8.84. The fraction of sp³-hybridized carbons (Fsp3) is 0.455. The van der Waals surface area contributed by atoms with Crippen LogP contribution in [-0.4, -0.2) is 38.2 Å². The lowest BCUT2D eigenvalue weighted by molar-refractivity contribution is -0.755. The number of alkyl halides is 2. The van der Waals surface area contributed by atoms with Crippen molar-refractivity contribution in [2.45, 2.75) is 58.0 Å². The van der Waals surface area contributed by atoms with E-state index in [0.717, 1.165) is 28.2 Å². The van der Waals surface area contributed by atoms with Gasteiger partial charge in [-0.3, -0.25) is 14.5 Å². The van der Waals surface area contributed by atoms with E-state index in [-0.39, 0.29) is 18.7 Å². The maximum atomic E-state index is 13.5. The standard InChI is InChI=1S/C22H23F2N7O2/c1-13-19(14(2)27-12-26-13)15-3-4-17(25-8-15)9-31-10-18(33-30-31)29-20(32)28-16-5-6-21(7-16)11-22(21,23)24/h3-4,8,10,12,16H,5-7,9,11H2,1-2H3,(H-,28,29,30,32)/t16-,21+/m0/s1. The molecule has 1 spiro atoms. The zero-order valence-electron chi connectivity index (χ0n) is 18.3. The summed E-state index contributed by atoms with van der Waals surface area (Å²) in [5.41, 5.74) is 3.45. The van der Waals surface area contributed by atoms with Gasteiger partial charge in [0.1, 0.15) is 12.0 Å². The Labute approximate surface area is 188 Å². The van der Waals surface area contributed by atoms with Crippen LogP contribution in [0.1, 0.15) is 42.8 Å². The highest BCUT2D eigenvalue weighted by molar-refractivity contribution is 5.83. The van der Waals surface area contributed by atoms with Crippen molar-refractivity contribution in [3.63, 3.8) is 0 Å². The van der Waals surface area contributed by atoms with E-state index < -0.39 is 23.4 Å². The smallest absolute Gasteiger partial charge is 0.300 e. The Bertz CT molecular complexity index is 1190. The third-order valence-corrected chi connectivity index (χ3v) is 6.50. The number of pyridine rings is 1. The molecule has 3 aromatic heterocycles. The lowest BCUT2D eigenvalue weighted by atomic mass is 10.0. The number of aryl methyl sites for hydroxylation is 2. The molecule has 3 heterocycles. The molecule has 0 amide bonds. The fourth-order valence-electron chi connectivity index (χ4n) is 4.64. The van der Waals surface area contributed by atoms with Gasteiger partial charge in [0.15, 0.2) is 0 Å². The van der Waals surface area contributed by atoms with Crippen LogP contribution >= 0.6 is 0 Å². The summed E-state index contributed by atoms with van der Waals surface area (Å²) in [6.45, 7) is 4.19. The van der Waals surface area contributed by atoms with Crippen LogP contribution in [0.25, 0.3) is 11.1 Å². The molecule has 0 bridgehead atoms. The predicted octanol–water partition coefficient (Wildman–Crippen LogP) is 2.19. The highest BCUT2D eigenvalue weighted by Gasteiger charge is 2.72. The van der Waals surface area contributed by atoms with Crippen LogP contribution in [0.4, 0.5) is 14.7 Å². The minimum Gasteiger partial charge on any atom is -0.846 e. The fourth-order valence-corrected chi connectivity index (χ4v) is 4.64. The Hall–Kier alpha value is -3.50. The molecule has 3 aromatic rings. The van der Waals surface area contributed by atoms with Crippen molar-refractivity contribution >= 4 is 11.9 Å². The number of nitrogens with zero attached hydrogens (tertiary/aromatic N) is 6. The molecule has 2 aliphatic carbocycles. The van der Waals surface area contributed by atoms with Crippen LogP contribution < -0.4 is 15.1 Å². The number of halogens is 2. The average molecular weight is 455 g/mol. The van der Waals surface area contributed by atoms with Crippen LogP contribution in [-0.2, 0) is 6.54 Å². The summed E-state index contributed by atoms with van der Waals surface area (Å²) in [5.74, 6) is -2.49. The van der Waals surface area contributed by atoms with Crippen LogP contribution in [0.15, 0.2) is 40.4 Å². The van der Waals surface area contributed by atoms with Gasteiger partial charge in [-0.25, -0.2) is 18.7 Å². The number of amidine groups is 1. The molecule has 11 heteroatoms. The molecule has 0 saturated heterocycles. The second kappa shape index (κ2) is 7.82. The topological polar surface area (TPSA) is 116 Å². The largest absolute Gasteiger partial charge is 0.846 e. The molecule has 2 aliphatic rings. The minimum atomic E-state index is -2.61. The highest BCUT2D eigenvalue weighted by atomic mass is 19.3. The Morgan fingerprint density at radius 2 is 2.03 bits per heavy atom. The van der Waals surface area contributed by atoms with Crippen molar-refractivity contribution in [1.29, 1.82) is 0 Å².